The number of hydrogen-bond donors (Lipinski definition) is 0. The van der Waals surface area contributed by atoms with Crippen LogP contribution >= 0.6 is 0 Å². The molecule has 20 heavy (non-hydrogen) atoms. The average molecular weight is 266 g/mol. The zero-order valence-electron chi connectivity index (χ0n) is 12.1. The van der Waals surface area contributed by atoms with Crippen molar-refractivity contribution in [1.82, 2.24) is 0 Å². The molecule has 104 valence electrons. The van der Waals surface area contributed by atoms with Crippen LogP contribution in [0.4, 0.5) is 0 Å². The fraction of sp³-hybridized carbons (Fsp3) is 0.368. The van der Waals surface area contributed by atoms with Crippen LogP contribution in [-0.4, -0.2) is 0 Å². The van der Waals surface area contributed by atoms with E-state index in [1.54, 1.807) is 0 Å². The second-order valence-electron chi connectivity index (χ2n) is 5.82. The van der Waals surface area contributed by atoms with Crippen molar-refractivity contribution in [2.75, 3.05) is 0 Å². The Morgan fingerprint density at radius 1 is 0.900 bits per heavy atom. The summed E-state index contributed by atoms with van der Waals surface area (Å²) < 4.78 is 5.85. The van der Waals surface area contributed by atoms with Gasteiger partial charge in [0.05, 0.1) is 0 Å². The Morgan fingerprint density at radius 3 is 2.15 bits per heavy atom. The number of para-hydroxylation sites is 1. The zero-order chi connectivity index (χ0) is 13.8. The minimum Gasteiger partial charge on any atom is -0.457 e. The van der Waals surface area contributed by atoms with E-state index in [-0.39, 0.29) is 0 Å². The third-order valence-electron chi connectivity index (χ3n) is 4.31. The molecule has 0 aliphatic heterocycles. The van der Waals surface area contributed by atoms with E-state index in [1.165, 1.54) is 37.7 Å². The van der Waals surface area contributed by atoms with E-state index in [0.717, 1.165) is 11.5 Å². The largest absolute Gasteiger partial charge is 0.457 e. The smallest absolute Gasteiger partial charge is 0.127 e. The van der Waals surface area contributed by atoms with Crippen LogP contribution in [0.2, 0.25) is 0 Å². The van der Waals surface area contributed by atoms with Crippen molar-refractivity contribution in [3.8, 4) is 11.5 Å². The molecule has 1 fully saturated rings. The summed E-state index contributed by atoms with van der Waals surface area (Å²) in [7, 11) is 0. The molecule has 0 spiro atoms. The number of benzene rings is 2. The third kappa shape index (κ3) is 2.87. The van der Waals surface area contributed by atoms with Gasteiger partial charge in [-0.15, -0.1) is 0 Å². The molecule has 1 nitrogen and oxygen atoms in total. The van der Waals surface area contributed by atoms with Gasteiger partial charge in [-0.1, -0.05) is 50.1 Å². The highest BCUT2D eigenvalue weighted by atomic mass is 16.5. The fourth-order valence-corrected chi connectivity index (χ4v) is 2.85. The predicted octanol–water partition coefficient (Wildman–Crippen LogP) is 5.70. The quantitative estimate of drug-likeness (QED) is 0.651. The molecule has 0 N–H and O–H groups in total. The summed E-state index contributed by atoms with van der Waals surface area (Å²) in [6.07, 6.45) is 6.67. The van der Waals surface area contributed by atoms with Gasteiger partial charge in [-0.05, 0) is 54.5 Å². The van der Waals surface area contributed by atoms with Crippen LogP contribution in [0.3, 0.4) is 0 Å². The van der Waals surface area contributed by atoms with Gasteiger partial charge in [-0.3, -0.25) is 0 Å². The van der Waals surface area contributed by atoms with Crippen LogP contribution in [0.1, 0.15) is 44.6 Å². The Kier molecular flexibility index (Phi) is 3.77. The van der Waals surface area contributed by atoms with Gasteiger partial charge >= 0.3 is 0 Å². The van der Waals surface area contributed by atoms with Gasteiger partial charge in [0.2, 0.25) is 0 Å². The molecular weight excluding hydrogens is 244 g/mol. The Labute approximate surface area is 121 Å². The van der Waals surface area contributed by atoms with Crippen LogP contribution in [0.25, 0.3) is 0 Å². The summed E-state index contributed by atoms with van der Waals surface area (Å²) in [4.78, 5) is 0. The van der Waals surface area contributed by atoms with E-state index in [0.29, 0.717) is 5.41 Å². The first-order valence-electron chi connectivity index (χ1n) is 7.66. The second kappa shape index (κ2) is 5.70. The van der Waals surface area contributed by atoms with E-state index in [9.17, 15) is 0 Å². The van der Waals surface area contributed by atoms with Gasteiger partial charge in [0.1, 0.15) is 11.5 Å². The maximum Gasteiger partial charge on any atom is 0.127 e. The maximum atomic E-state index is 5.85. The lowest BCUT2D eigenvalue weighted by Crippen LogP contribution is -2.05. The van der Waals surface area contributed by atoms with Crippen LogP contribution in [-0.2, 0) is 5.41 Å². The molecule has 0 unspecified atom stereocenters. The van der Waals surface area contributed by atoms with E-state index >= 15 is 0 Å². The average Bonchev–Trinajstić information content (AvgIpc) is 3.28. The zero-order valence-corrected chi connectivity index (χ0v) is 12.1. The highest BCUT2D eigenvalue weighted by Gasteiger charge is 2.43. The Bertz CT molecular complexity index is 538. The number of ether oxygens (including phenoxy) is 1. The summed E-state index contributed by atoms with van der Waals surface area (Å²) in [5, 5.41) is 0. The Morgan fingerprint density at radius 2 is 1.55 bits per heavy atom. The van der Waals surface area contributed by atoms with Crippen LogP contribution in [0.5, 0.6) is 11.5 Å². The van der Waals surface area contributed by atoms with Gasteiger partial charge in [0, 0.05) is 0 Å². The van der Waals surface area contributed by atoms with Crippen molar-refractivity contribution in [2.45, 2.75) is 44.4 Å². The number of rotatable bonds is 6. The first-order chi connectivity index (χ1) is 9.82. The van der Waals surface area contributed by atoms with Crippen molar-refractivity contribution in [3.05, 3.63) is 60.2 Å². The minimum atomic E-state index is 0.487. The maximum absolute atomic E-state index is 5.85. The van der Waals surface area contributed by atoms with Crippen LogP contribution in [0.15, 0.2) is 54.6 Å². The Hall–Kier alpha value is -1.76. The second-order valence-corrected chi connectivity index (χ2v) is 5.82. The molecule has 0 heterocycles. The van der Waals surface area contributed by atoms with Gasteiger partial charge in [0.15, 0.2) is 0 Å². The predicted molar refractivity (Wildman–Crippen MR) is 83.4 cm³/mol. The van der Waals surface area contributed by atoms with Gasteiger partial charge < -0.3 is 4.74 Å². The number of unbranched alkanes of at least 4 members (excludes halogenated alkanes) is 1. The highest BCUT2D eigenvalue weighted by Crippen LogP contribution is 2.52. The van der Waals surface area contributed by atoms with Crippen molar-refractivity contribution in [1.29, 1.82) is 0 Å². The third-order valence-corrected chi connectivity index (χ3v) is 4.31. The highest BCUT2D eigenvalue weighted by molar-refractivity contribution is 5.38. The monoisotopic (exact) mass is 266 g/mol. The summed E-state index contributed by atoms with van der Waals surface area (Å²) in [6.45, 7) is 2.27. The van der Waals surface area contributed by atoms with Gasteiger partial charge in [-0.25, -0.2) is 0 Å². The van der Waals surface area contributed by atoms with Gasteiger partial charge in [0.25, 0.3) is 0 Å². The van der Waals surface area contributed by atoms with Crippen molar-refractivity contribution >= 4 is 0 Å². The van der Waals surface area contributed by atoms with E-state index < -0.39 is 0 Å². The van der Waals surface area contributed by atoms with Crippen LogP contribution in [0, 0.1) is 0 Å². The molecule has 0 amide bonds. The lowest BCUT2D eigenvalue weighted by molar-refractivity contribution is 0.481. The topological polar surface area (TPSA) is 9.23 Å². The van der Waals surface area contributed by atoms with E-state index in [2.05, 4.69) is 31.2 Å². The Balaban J connectivity index is 1.69. The molecule has 1 aliphatic rings. The summed E-state index contributed by atoms with van der Waals surface area (Å²) in [5.74, 6) is 1.82. The lowest BCUT2D eigenvalue weighted by atomic mass is 9.90. The van der Waals surface area contributed by atoms with Crippen molar-refractivity contribution in [2.24, 2.45) is 0 Å². The molecular formula is C19H22O. The molecule has 0 aromatic heterocycles. The molecule has 2 aromatic rings. The van der Waals surface area contributed by atoms with Crippen molar-refractivity contribution < 1.29 is 4.74 Å². The summed E-state index contributed by atoms with van der Waals surface area (Å²) in [5.41, 5.74) is 1.98. The van der Waals surface area contributed by atoms with E-state index in [4.69, 9.17) is 4.74 Å². The standard InChI is InChI=1S/C19H22O/c1-2-3-13-19(14-15-19)16-9-11-18(12-10-16)20-17-7-5-4-6-8-17/h4-12H,2-3,13-15H2,1H3. The molecule has 0 atom stereocenters. The van der Waals surface area contributed by atoms with Crippen molar-refractivity contribution in [3.63, 3.8) is 0 Å². The summed E-state index contributed by atoms with van der Waals surface area (Å²) in [6, 6.07) is 18.7. The fourth-order valence-electron chi connectivity index (χ4n) is 2.85. The minimum absolute atomic E-state index is 0.487. The first-order valence-corrected chi connectivity index (χ1v) is 7.66. The first kappa shape index (κ1) is 13.2. The lowest BCUT2D eigenvalue weighted by Gasteiger charge is -2.15. The molecule has 2 aromatic carbocycles. The molecule has 1 saturated carbocycles. The molecule has 3 rings (SSSR count). The molecule has 1 aliphatic carbocycles. The molecule has 0 radical (unpaired) electrons. The summed E-state index contributed by atoms with van der Waals surface area (Å²) >= 11 is 0. The SMILES string of the molecule is CCCCC1(c2ccc(Oc3ccccc3)cc2)CC1. The molecule has 0 saturated heterocycles. The van der Waals surface area contributed by atoms with E-state index in [1.807, 2.05) is 30.3 Å². The van der Waals surface area contributed by atoms with Gasteiger partial charge in [-0.2, -0.15) is 0 Å². The number of hydrogen-bond acceptors (Lipinski definition) is 1. The molecule has 1 heteroatoms. The normalized spacial score (nSPS) is 15.8. The van der Waals surface area contributed by atoms with Crippen LogP contribution < -0.4 is 4.74 Å². The molecule has 0 bridgehead atoms.